The highest BCUT2D eigenvalue weighted by atomic mass is 14.9. The molecule has 0 aliphatic carbocycles. The van der Waals surface area contributed by atoms with Gasteiger partial charge in [0.15, 0.2) is 5.82 Å². The minimum Gasteiger partial charge on any atom is -0.263 e. The van der Waals surface area contributed by atoms with E-state index in [9.17, 15) is 0 Å². The Bertz CT molecular complexity index is 3340. The third kappa shape index (κ3) is 6.07. The molecule has 3 heteroatoms. The Kier molecular flexibility index (Phi) is 8.15. The zero-order valence-corrected chi connectivity index (χ0v) is 31.5. The van der Waals surface area contributed by atoms with Crippen LogP contribution in [-0.2, 0) is 0 Å². The topological polar surface area (TPSA) is 38.7 Å². The van der Waals surface area contributed by atoms with E-state index in [1.807, 2.05) is 12.4 Å². The zero-order chi connectivity index (χ0) is 38.4. The molecule has 3 nitrogen and oxygen atoms in total. The van der Waals surface area contributed by atoms with Crippen molar-refractivity contribution in [3.8, 4) is 67.3 Å². The van der Waals surface area contributed by atoms with Crippen LogP contribution in [0.4, 0.5) is 0 Å². The van der Waals surface area contributed by atoms with Crippen molar-refractivity contribution >= 4 is 43.1 Å². The number of fused-ring (bicyclic) bond motifs is 5. The van der Waals surface area contributed by atoms with Crippen LogP contribution in [0.5, 0.6) is 0 Å². The molecular weight excluding hydrogens is 703 g/mol. The molecule has 9 aromatic carbocycles. The zero-order valence-electron chi connectivity index (χ0n) is 31.5. The molecule has 0 fully saturated rings. The van der Waals surface area contributed by atoms with Crippen LogP contribution >= 0.6 is 0 Å². The monoisotopic (exact) mass is 737 g/mol. The van der Waals surface area contributed by atoms with Gasteiger partial charge in [-0.05, 0) is 95.9 Å². The second kappa shape index (κ2) is 14.1. The Hall–Kier alpha value is -7.75. The van der Waals surface area contributed by atoms with Crippen molar-refractivity contribution in [1.82, 2.24) is 15.0 Å². The lowest BCUT2D eigenvalue weighted by Gasteiger charge is -2.14. The highest BCUT2D eigenvalue weighted by molar-refractivity contribution is 6.14. The number of nitrogens with zero attached hydrogens (tertiary/aromatic N) is 3. The minimum absolute atomic E-state index is 0.680. The molecule has 0 radical (unpaired) electrons. The first-order valence-corrected chi connectivity index (χ1v) is 19.7. The summed E-state index contributed by atoms with van der Waals surface area (Å²) in [6.45, 7) is 0. The molecule has 11 aromatic rings. The van der Waals surface area contributed by atoms with Crippen molar-refractivity contribution in [2.75, 3.05) is 0 Å². The standard InChI is InChI=1S/C55H35N3/c1-2-12-39-29-41(28-23-36(39)11-1)40-15-9-18-45(30-40)55-57-53(38-26-24-37(25-27-38)52-35-56-34-46-14-4-6-20-48(46)52)33-54(58-55)44-17-10-16-42(31-44)51-32-43-13-3-5-19-47(43)49-21-7-8-22-50(49)51/h1-35H. The normalized spacial score (nSPS) is 11.4. The molecule has 0 N–H and O–H groups in total. The Labute approximate surface area is 336 Å². The average Bonchev–Trinajstić information content (AvgIpc) is 3.31. The van der Waals surface area contributed by atoms with Gasteiger partial charge in [0.2, 0.25) is 0 Å². The first-order chi connectivity index (χ1) is 28.7. The summed E-state index contributed by atoms with van der Waals surface area (Å²) in [7, 11) is 0. The maximum Gasteiger partial charge on any atom is 0.160 e. The maximum absolute atomic E-state index is 5.31. The number of aromatic nitrogens is 3. The minimum atomic E-state index is 0.680. The number of pyridine rings is 1. The van der Waals surface area contributed by atoms with Crippen molar-refractivity contribution < 1.29 is 0 Å². The van der Waals surface area contributed by atoms with Crippen molar-refractivity contribution in [3.63, 3.8) is 0 Å². The highest BCUT2D eigenvalue weighted by Gasteiger charge is 2.15. The molecule has 0 bridgehead atoms. The molecule has 0 saturated carbocycles. The van der Waals surface area contributed by atoms with Gasteiger partial charge in [-0.25, -0.2) is 9.97 Å². The van der Waals surface area contributed by atoms with E-state index in [2.05, 4.69) is 205 Å². The van der Waals surface area contributed by atoms with Crippen LogP contribution in [0, 0.1) is 0 Å². The first-order valence-electron chi connectivity index (χ1n) is 19.7. The van der Waals surface area contributed by atoms with Crippen LogP contribution in [0.25, 0.3) is 110 Å². The van der Waals surface area contributed by atoms with Crippen LogP contribution in [0.2, 0.25) is 0 Å². The fourth-order valence-electron chi connectivity index (χ4n) is 8.39. The third-order valence-electron chi connectivity index (χ3n) is 11.3. The van der Waals surface area contributed by atoms with E-state index in [1.165, 1.54) is 43.3 Å². The van der Waals surface area contributed by atoms with Crippen LogP contribution in [0.1, 0.15) is 0 Å². The van der Waals surface area contributed by atoms with E-state index >= 15 is 0 Å². The van der Waals surface area contributed by atoms with Crippen molar-refractivity contribution in [2.24, 2.45) is 0 Å². The average molecular weight is 738 g/mol. The predicted molar refractivity (Wildman–Crippen MR) is 242 cm³/mol. The fraction of sp³-hybridized carbons (Fsp3) is 0. The molecule has 2 heterocycles. The SMILES string of the molecule is c1cc(-c2ccc3ccccc3c2)cc(-c2nc(-c3ccc(-c4cncc5ccccc45)cc3)cc(-c3cccc(-c4cc5ccccc5c5ccccc45)c3)n2)c1. The molecule has 11 rings (SSSR count). The van der Waals surface area contributed by atoms with Crippen LogP contribution in [0.15, 0.2) is 213 Å². The molecular formula is C55H35N3. The summed E-state index contributed by atoms with van der Waals surface area (Å²) in [4.78, 5) is 15.1. The van der Waals surface area contributed by atoms with Gasteiger partial charge >= 0.3 is 0 Å². The molecule has 2 aromatic heterocycles. The lowest BCUT2D eigenvalue weighted by molar-refractivity contribution is 1.18. The first kappa shape index (κ1) is 33.6. The van der Waals surface area contributed by atoms with Gasteiger partial charge in [-0.1, -0.05) is 170 Å². The number of hydrogen-bond acceptors (Lipinski definition) is 3. The highest BCUT2D eigenvalue weighted by Crippen LogP contribution is 2.38. The maximum atomic E-state index is 5.31. The lowest BCUT2D eigenvalue weighted by Crippen LogP contribution is -1.96. The van der Waals surface area contributed by atoms with Crippen molar-refractivity contribution in [1.29, 1.82) is 0 Å². The van der Waals surface area contributed by atoms with E-state index in [4.69, 9.17) is 9.97 Å². The molecule has 0 atom stereocenters. The fourth-order valence-corrected chi connectivity index (χ4v) is 8.39. The quantitative estimate of drug-likeness (QED) is 0.160. The Morgan fingerprint density at radius 2 is 0.828 bits per heavy atom. The molecule has 0 saturated heterocycles. The van der Waals surface area contributed by atoms with Crippen molar-refractivity contribution in [2.45, 2.75) is 0 Å². The molecule has 0 aliphatic heterocycles. The molecule has 270 valence electrons. The Morgan fingerprint density at radius 1 is 0.259 bits per heavy atom. The largest absolute Gasteiger partial charge is 0.263 e. The summed E-state index contributed by atoms with van der Waals surface area (Å²) in [6, 6.07) is 71.4. The van der Waals surface area contributed by atoms with E-state index in [1.54, 1.807) is 0 Å². The van der Waals surface area contributed by atoms with Crippen LogP contribution in [0.3, 0.4) is 0 Å². The third-order valence-corrected chi connectivity index (χ3v) is 11.3. The Balaban J connectivity index is 1.05. The van der Waals surface area contributed by atoms with E-state index in [-0.39, 0.29) is 0 Å². The van der Waals surface area contributed by atoms with Gasteiger partial charge in [-0.2, -0.15) is 0 Å². The molecule has 0 aliphatic rings. The summed E-state index contributed by atoms with van der Waals surface area (Å²) < 4.78 is 0. The molecule has 0 amide bonds. The summed E-state index contributed by atoms with van der Waals surface area (Å²) >= 11 is 0. The molecule has 0 spiro atoms. The van der Waals surface area contributed by atoms with Gasteiger partial charge in [0, 0.05) is 40.0 Å². The Morgan fingerprint density at radius 3 is 1.66 bits per heavy atom. The summed E-state index contributed by atoms with van der Waals surface area (Å²) in [5, 5.41) is 9.72. The van der Waals surface area contributed by atoms with Crippen LogP contribution in [-0.4, -0.2) is 15.0 Å². The van der Waals surface area contributed by atoms with Gasteiger partial charge in [0.05, 0.1) is 11.4 Å². The molecule has 58 heavy (non-hydrogen) atoms. The van der Waals surface area contributed by atoms with Gasteiger partial charge in [-0.3, -0.25) is 4.98 Å². The van der Waals surface area contributed by atoms with Gasteiger partial charge in [0.25, 0.3) is 0 Å². The van der Waals surface area contributed by atoms with E-state index in [0.717, 1.165) is 61.3 Å². The van der Waals surface area contributed by atoms with Gasteiger partial charge in [0.1, 0.15) is 0 Å². The van der Waals surface area contributed by atoms with Gasteiger partial charge < -0.3 is 0 Å². The van der Waals surface area contributed by atoms with E-state index < -0.39 is 0 Å². The van der Waals surface area contributed by atoms with Crippen LogP contribution < -0.4 is 0 Å². The second-order valence-electron chi connectivity index (χ2n) is 14.9. The molecule has 0 unspecified atom stereocenters. The lowest BCUT2D eigenvalue weighted by atomic mass is 9.92. The second-order valence-corrected chi connectivity index (χ2v) is 14.9. The predicted octanol–water partition coefficient (Wildman–Crippen LogP) is 14.5. The smallest absolute Gasteiger partial charge is 0.160 e. The van der Waals surface area contributed by atoms with Gasteiger partial charge in [-0.15, -0.1) is 0 Å². The number of hydrogen-bond donors (Lipinski definition) is 0. The summed E-state index contributed by atoms with van der Waals surface area (Å²) in [6.07, 6.45) is 3.87. The van der Waals surface area contributed by atoms with E-state index in [0.29, 0.717) is 5.82 Å². The summed E-state index contributed by atoms with van der Waals surface area (Å²) in [5.41, 5.74) is 11.6. The number of benzene rings is 9. The number of rotatable bonds is 6. The summed E-state index contributed by atoms with van der Waals surface area (Å²) in [5.74, 6) is 0.680. The van der Waals surface area contributed by atoms with Crippen molar-refractivity contribution in [3.05, 3.63) is 213 Å².